The second-order valence-electron chi connectivity index (χ2n) is 5.31. The molecule has 0 radical (unpaired) electrons. The molecule has 0 spiro atoms. The van der Waals surface area contributed by atoms with Crippen LogP contribution in [-0.4, -0.2) is 24.5 Å². The summed E-state index contributed by atoms with van der Waals surface area (Å²) < 4.78 is 22.9. The summed E-state index contributed by atoms with van der Waals surface area (Å²) in [5, 5.41) is 2.56. The smallest absolute Gasteiger partial charge is 0.332 e. The van der Waals surface area contributed by atoms with Gasteiger partial charge in [-0.1, -0.05) is 30.3 Å². The first-order valence-corrected chi connectivity index (χ1v) is 8.16. The Hall–Kier alpha value is -3.48. The molecule has 0 bridgehead atoms. The Bertz CT molecular complexity index is 818. The van der Waals surface area contributed by atoms with Gasteiger partial charge in [-0.15, -0.1) is 0 Å². The lowest BCUT2D eigenvalue weighted by Gasteiger charge is -2.17. The van der Waals surface area contributed by atoms with E-state index in [1.54, 1.807) is 37.3 Å². The van der Waals surface area contributed by atoms with Gasteiger partial charge in [0, 0.05) is 23.4 Å². The molecule has 0 aliphatic heterocycles. The Morgan fingerprint density at radius 1 is 1.00 bits per heavy atom. The van der Waals surface area contributed by atoms with Crippen LogP contribution in [0, 0.1) is 5.82 Å². The minimum atomic E-state index is -1.25. The van der Waals surface area contributed by atoms with Gasteiger partial charge in [-0.25, -0.2) is 14.0 Å². The molecule has 1 atom stereocenters. The van der Waals surface area contributed by atoms with Crippen LogP contribution in [0.1, 0.15) is 18.6 Å². The maximum absolute atomic E-state index is 13.0. The van der Waals surface area contributed by atoms with Crippen LogP contribution in [-0.2, 0) is 23.9 Å². The molecule has 0 saturated heterocycles. The summed E-state index contributed by atoms with van der Waals surface area (Å²) in [5.41, 5.74) is 0.787. The van der Waals surface area contributed by atoms with E-state index in [9.17, 15) is 18.8 Å². The highest BCUT2D eigenvalue weighted by Crippen LogP contribution is 2.20. The highest BCUT2D eigenvalue weighted by Gasteiger charge is 2.24. The third-order valence-electron chi connectivity index (χ3n) is 3.33. The van der Waals surface area contributed by atoms with Crippen LogP contribution in [0.25, 0.3) is 0 Å². The quantitative estimate of drug-likeness (QED) is 0.597. The second kappa shape index (κ2) is 9.86. The number of carbonyl (C=O) groups is 3. The van der Waals surface area contributed by atoms with Gasteiger partial charge in [-0.3, -0.25) is 4.79 Å². The minimum Gasteiger partial charge on any atom is -0.463 e. The fourth-order valence-electron chi connectivity index (χ4n) is 2.12. The van der Waals surface area contributed by atoms with Gasteiger partial charge in [0.05, 0.1) is 6.61 Å². The maximum Gasteiger partial charge on any atom is 0.332 e. The van der Waals surface area contributed by atoms with E-state index in [0.717, 1.165) is 12.2 Å². The number of anilines is 1. The average Bonchev–Trinajstić information content (AvgIpc) is 2.67. The average molecular weight is 371 g/mol. The Kier molecular flexibility index (Phi) is 7.25. The molecule has 0 aliphatic rings. The molecule has 2 aromatic rings. The number of hydrogen-bond acceptors (Lipinski definition) is 5. The standard InChI is InChI=1S/C20H18FNO5/c1-2-26-17(23)12-13-18(24)27-19(14-6-4-3-5-7-14)20(25)22-16-10-8-15(21)9-11-16/h3-13,19H,2H2,1H3,(H,22,25)/b13-12+/t19-/m1/s1. The van der Waals surface area contributed by atoms with E-state index in [4.69, 9.17) is 4.74 Å². The van der Waals surface area contributed by atoms with Crippen molar-refractivity contribution in [3.63, 3.8) is 0 Å². The summed E-state index contributed by atoms with van der Waals surface area (Å²) in [6.07, 6.45) is 0.556. The Balaban J connectivity index is 2.14. The fraction of sp³-hybridized carbons (Fsp3) is 0.150. The molecular formula is C20H18FNO5. The molecule has 2 aromatic carbocycles. The summed E-state index contributed by atoms with van der Waals surface area (Å²) in [7, 11) is 0. The van der Waals surface area contributed by atoms with E-state index in [-0.39, 0.29) is 6.61 Å². The largest absolute Gasteiger partial charge is 0.463 e. The van der Waals surface area contributed by atoms with E-state index in [1.165, 1.54) is 24.3 Å². The lowest BCUT2D eigenvalue weighted by Crippen LogP contribution is -2.25. The van der Waals surface area contributed by atoms with Gasteiger partial charge in [0.15, 0.2) is 0 Å². The van der Waals surface area contributed by atoms with Crippen molar-refractivity contribution in [2.45, 2.75) is 13.0 Å². The zero-order valence-corrected chi connectivity index (χ0v) is 14.6. The predicted octanol–water partition coefficient (Wildman–Crippen LogP) is 3.17. The zero-order chi connectivity index (χ0) is 19.6. The summed E-state index contributed by atoms with van der Waals surface area (Å²) in [6, 6.07) is 13.5. The Morgan fingerprint density at radius 2 is 1.63 bits per heavy atom. The van der Waals surface area contributed by atoms with Crippen LogP contribution >= 0.6 is 0 Å². The molecule has 0 heterocycles. The third kappa shape index (κ3) is 6.39. The van der Waals surface area contributed by atoms with Crippen molar-refractivity contribution in [3.05, 3.63) is 78.1 Å². The molecular weight excluding hydrogens is 353 g/mol. The molecule has 140 valence electrons. The van der Waals surface area contributed by atoms with E-state index < -0.39 is 29.8 Å². The summed E-state index contributed by atoms with van der Waals surface area (Å²) in [4.78, 5) is 35.8. The number of halogens is 1. The Labute approximate surface area is 155 Å². The highest BCUT2D eigenvalue weighted by molar-refractivity contribution is 5.98. The van der Waals surface area contributed by atoms with Crippen molar-refractivity contribution in [2.75, 3.05) is 11.9 Å². The van der Waals surface area contributed by atoms with Gasteiger partial charge < -0.3 is 14.8 Å². The second-order valence-corrected chi connectivity index (χ2v) is 5.31. The molecule has 0 saturated carbocycles. The van der Waals surface area contributed by atoms with Crippen LogP contribution in [0.5, 0.6) is 0 Å². The van der Waals surface area contributed by atoms with Crippen LogP contribution in [0.4, 0.5) is 10.1 Å². The molecule has 0 fully saturated rings. The van der Waals surface area contributed by atoms with Crippen molar-refractivity contribution in [2.24, 2.45) is 0 Å². The number of benzene rings is 2. The van der Waals surface area contributed by atoms with Crippen LogP contribution < -0.4 is 5.32 Å². The topological polar surface area (TPSA) is 81.7 Å². The fourth-order valence-corrected chi connectivity index (χ4v) is 2.12. The van der Waals surface area contributed by atoms with Crippen molar-refractivity contribution in [1.82, 2.24) is 0 Å². The van der Waals surface area contributed by atoms with Crippen molar-refractivity contribution < 1.29 is 28.2 Å². The van der Waals surface area contributed by atoms with E-state index in [1.807, 2.05) is 0 Å². The van der Waals surface area contributed by atoms with Crippen LogP contribution in [0.2, 0.25) is 0 Å². The summed E-state index contributed by atoms with van der Waals surface area (Å²) in [6.45, 7) is 1.81. The monoisotopic (exact) mass is 371 g/mol. The van der Waals surface area contributed by atoms with E-state index >= 15 is 0 Å². The first-order chi connectivity index (χ1) is 13.0. The van der Waals surface area contributed by atoms with Gasteiger partial charge in [0.1, 0.15) is 5.82 Å². The number of amides is 1. The van der Waals surface area contributed by atoms with Gasteiger partial charge in [0.2, 0.25) is 6.10 Å². The lowest BCUT2D eigenvalue weighted by atomic mass is 10.1. The number of hydrogen-bond donors (Lipinski definition) is 1. The van der Waals surface area contributed by atoms with Gasteiger partial charge in [0.25, 0.3) is 5.91 Å². The minimum absolute atomic E-state index is 0.172. The summed E-state index contributed by atoms with van der Waals surface area (Å²) in [5.74, 6) is -2.64. The van der Waals surface area contributed by atoms with Gasteiger partial charge in [-0.05, 0) is 31.2 Å². The number of esters is 2. The molecule has 27 heavy (non-hydrogen) atoms. The number of rotatable bonds is 7. The highest BCUT2D eigenvalue weighted by atomic mass is 19.1. The first kappa shape index (κ1) is 19.8. The van der Waals surface area contributed by atoms with Crippen molar-refractivity contribution >= 4 is 23.5 Å². The van der Waals surface area contributed by atoms with Crippen LogP contribution in [0.3, 0.4) is 0 Å². The van der Waals surface area contributed by atoms with E-state index in [0.29, 0.717) is 11.3 Å². The Morgan fingerprint density at radius 3 is 2.26 bits per heavy atom. The normalized spacial score (nSPS) is 11.6. The molecule has 6 nitrogen and oxygen atoms in total. The number of ether oxygens (including phenoxy) is 2. The van der Waals surface area contributed by atoms with E-state index in [2.05, 4.69) is 10.1 Å². The number of nitrogens with one attached hydrogen (secondary N) is 1. The molecule has 7 heteroatoms. The van der Waals surface area contributed by atoms with Gasteiger partial charge in [-0.2, -0.15) is 0 Å². The predicted molar refractivity (Wildman–Crippen MR) is 96.1 cm³/mol. The van der Waals surface area contributed by atoms with Crippen molar-refractivity contribution in [1.29, 1.82) is 0 Å². The number of carbonyl (C=O) groups excluding carboxylic acids is 3. The molecule has 0 aliphatic carbocycles. The molecule has 1 amide bonds. The zero-order valence-electron chi connectivity index (χ0n) is 14.6. The lowest BCUT2D eigenvalue weighted by molar-refractivity contribution is -0.150. The summed E-state index contributed by atoms with van der Waals surface area (Å²) >= 11 is 0. The molecule has 0 unspecified atom stereocenters. The van der Waals surface area contributed by atoms with Crippen molar-refractivity contribution in [3.8, 4) is 0 Å². The first-order valence-electron chi connectivity index (χ1n) is 8.16. The molecule has 1 N–H and O–H groups in total. The SMILES string of the molecule is CCOC(=O)/C=C/C(=O)O[C@@H](C(=O)Nc1ccc(F)cc1)c1ccccc1. The molecule has 0 aromatic heterocycles. The van der Waals surface area contributed by atoms with Crippen LogP contribution in [0.15, 0.2) is 66.7 Å². The molecule has 2 rings (SSSR count). The third-order valence-corrected chi connectivity index (χ3v) is 3.33. The maximum atomic E-state index is 13.0. The van der Waals surface area contributed by atoms with Gasteiger partial charge >= 0.3 is 11.9 Å².